The minimum absolute atomic E-state index is 0.511. The van der Waals surface area contributed by atoms with Gasteiger partial charge in [0, 0.05) is 37.9 Å². The number of benzene rings is 9. The molecule has 0 radical (unpaired) electrons. The van der Waals surface area contributed by atoms with Crippen LogP contribution in [-0.4, -0.2) is 19.5 Å². The summed E-state index contributed by atoms with van der Waals surface area (Å²) in [5, 5.41) is 6.43. The van der Waals surface area contributed by atoms with Crippen LogP contribution in [0.5, 0.6) is 0 Å². The van der Waals surface area contributed by atoms with Crippen LogP contribution in [0.15, 0.2) is 203 Å². The molecule has 0 saturated heterocycles. The molecule has 4 heterocycles. The van der Waals surface area contributed by atoms with Gasteiger partial charge < -0.3 is 8.83 Å². The van der Waals surface area contributed by atoms with Gasteiger partial charge in [-0.1, -0.05) is 146 Å². The van der Waals surface area contributed by atoms with Crippen molar-refractivity contribution < 1.29 is 8.83 Å². The van der Waals surface area contributed by atoms with Crippen molar-refractivity contribution in [1.82, 2.24) is 19.5 Å². The van der Waals surface area contributed by atoms with Crippen LogP contribution in [0, 0.1) is 0 Å². The zero-order valence-electron chi connectivity index (χ0n) is 34.1. The Bertz CT molecular complexity index is 4120. The van der Waals surface area contributed by atoms with Crippen molar-refractivity contribution in [1.29, 1.82) is 0 Å². The highest BCUT2D eigenvalue weighted by atomic mass is 16.3. The first kappa shape index (κ1) is 34.0. The van der Waals surface area contributed by atoms with E-state index in [-0.39, 0.29) is 0 Å². The summed E-state index contributed by atoms with van der Waals surface area (Å²) >= 11 is 0. The normalized spacial score (nSPS) is 13.4. The van der Waals surface area contributed by atoms with Crippen LogP contribution in [0.3, 0.4) is 0 Å². The second-order valence-electron chi connectivity index (χ2n) is 17.0. The highest BCUT2D eigenvalue weighted by Crippen LogP contribution is 2.63. The highest BCUT2D eigenvalue weighted by molar-refractivity contribution is 6.13. The molecule has 2 aliphatic carbocycles. The molecule has 0 unspecified atom stereocenters. The first-order valence-electron chi connectivity index (χ1n) is 21.7. The Morgan fingerprint density at radius 2 is 0.906 bits per heavy atom. The van der Waals surface area contributed by atoms with E-state index in [1.165, 1.54) is 44.5 Å². The van der Waals surface area contributed by atoms with Crippen molar-refractivity contribution in [2.75, 3.05) is 0 Å². The van der Waals surface area contributed by atoms with E-state index in [0.717, 1.165) is 76.8 Å². The van der Waals surface area contributed by atoms with Gasteiger partial charge in [-0.3, -0.25) is 4.57 Å². The van der Waals surface area contributed by atoms with E-state index in [1.54, 1.807) is 0 Å². The molecule has 0 aliphatic heterocycles. The van der Waals surface area contributed by atoms with Gasteiger partial charge in [0.2, 0.25) is 5.95 Å². The van der Waals surface area contributed by atoms with Gasteiger partial charge in [-0.2, -0.15) is 9.97 Å². The lowest BCUT2D eigenvalue weighted by Gasteiger charge is -2.30. The van der Waals surface area contributed by atoms with Crippen molar-refractivity contribution in [3.05, 3.63) is 216 Å². The summed E-state index contributed by atoms with van der Waals surface area (Å²) in [6.07, 6.45) is 0. The number of nitrogens with zero attached hydrogens (tertiary/aromatic N) is 4. The molecule has 6 nitrogen and oxygen atoms in total. The summed E-state index contributed by atoms with van der Waals surface area (Å²) < 4.78 is 15.3. The average molecular weight is 817 g/mol. The summed E-state index contributed by atoms with van der Waals surface area (Å²) in [7, 11) is 0. The van der Waals surface area contributed by atoms with E-state index in [2.05, 4.69) is 156 Å². The topological polar surface area (TPSA) is 69.9 Å². The van der Waals surface area contributed by atoms with E-state index in [1.807, 2.05) is 42.5 Å². The number of rotatable bonds is 3. The summed E-state index contributed by atoms with van der Waals surface area (Å²) in [6.45, 7) is 0. The summed E-state index contributed by atoms with van der Waals surface area (Å²) in [6, 6.07) is 69.0. The number of aromatic nitrogens is 4. The van der Waals surface area contributed by atoms with Gasteiger partial charge in [0.1, 0.15) is 22.3 Å². The van der Waals surface area contributed by atoms with Gasteiger partial charge in [-0.05, 0) is 93.0 Å². The van der Waals surface area contributed by atoms with Gasteiger partial charge in [0.05, 0.1) is 22.0 Å². The minimum Gasteiger partial charge on any atom is -0.456 e. The van der Waals surface area contributed by atoms with Crippen LogP contribution in [-0.2, 0) is 5.41 Å². The van der Waals surface area contributed by atoms with Gasteiger partial charge in [-0.15, -0.1) is 0 Å². The Kier molecular flexibility index (Phi) is 6.53. The van der Waals surface area contributed by atoms with Crippen molar-refractivity contribution in [2.24, 2.45) is 0 Å². The number of hydrogen-bond acceptors (Lipinski definition) is 5. The Hall–Kier alpha value is -8.61. The molecular weight excluding hydrogens is 785 g/mol. The second kappa shape index (κ2) is 12.3. The zero-order valence-corrected chi connectivity index (χ0v) is 34.1. The van der Waals surface area contributed by atoms with Crippen molar-refractivity contribution >= 4 is 65.7 Å². The molecule has 6 heteroatoms. The number of furan rings is 2. The van der Waals surface area contributed by atoms with Gasteiger partial charge in [0.15, 0.2) is 11.6 Å². The molecule has 0 bridgehead atoms. The predicted octanol–water partition coefficient (Wildman–Crippen LogP) is 14.4. The molecule has 4 aromatic heterocycles. The molecule has 1 spiro atoms. The Morgan fingerprint density at radius 1 is 0.344 bits per heavy atom. The Balaban J connectivity index is 1.04. The number of hydrogen-bond donors (Lipinski definition) is 0. The predicted molar refractivity (Wildman–Crippen MR) is 256 cm³/mol. The molecule has 9 aromatic carbocycles. The van der Waals surface area contributed by atoms with E-state index in [9.17, 15) is 0 Å². The second-order valence-corrected chi connectivity index (χ2v) is 17.0. The third kappa shape index (κ3) is 4.31. The molecule has 0 saturated carbocycles. The van der Waals surface area contributed by atoms with Crippen LogP contribution in [0.25, 0.3) is 117 Å². The fraction of sp³-hybridized carbons (Fsp3) is 0.0172. The number of para-hydroxylation sites is 4. The van der Waals surface area contributed by atoms with Crippen molar-refractivity contribution in [2.45, 2.75) is 5.41 Å². The molecule has 0 N–H and O–H groups in total. The average Bonchev–Trinajstić information content (AvgIpc) is 4.15. The summed E-state index contributed by atoms with van der Waals surface area (Å²) in [4.78, 5) is 16.1. The highest BCUT2D eigenvalue weighted by Gasteiger charge is 2.51. The quantitative estimate of drug-likeness (QED) is 0.178. The largest absolute Gasteiger partial charge is 0.456 e. The molecule has 0 amide bonds. The minimum atomic E-state index is -0.511. The lowest BCUT2D eigenvalue weighted by atomic mass is 9.70. The monoisotopic (exact) mass is 816 g/mol. The Labute approximate surface area is 365 Å². The van der Waals surface area contributed by atoms with E-state index in [0.29, 0.717) is 17.6 Å². The molecular formula is C58H32N4O2. The molecule has 15 rings (SSSR count). The molecule has 64 heavy (non-hydrogen) atoms. The Morgan fingerprint density at radius 3 is 1.66 bits per heavy atom. The molecule has 13 aromatic rings. The van der Waals surface area contributed by atoms with Crippen LogP contribution < -0.4 is 0 Å². The molecule has 296 valence electrons. The third-order valence-electron chi connectivity index (χ3n) is 13.9. The van der Waals surface area contributed by atoms with Crippen molar-refractivity contribution in [3.8, 4) is 51.0 Å². The lowest BCUT2D eigenvalue weighted by Crippen LogP contribution is -2.25. The van der Waals surface area contributed by atoms with Crippen LogP contribution in [0.2, 0.25) is 0 Å². The number of fused-ring (bicyclic) bond motifs is 19. The molecule has 0 atom stereocenters. The van der Waals surface area contributed by atoms with Gasteiger partial charge in [0.25, 0.3) is 0 Å². The fourth-order valence-corrected chi connectivity index (χ4v) is 11.3. The van der Waals surface area contributed by atoms with Crippen LogP contribution in [0.4, 0.5) is 0 Å². The van der Waals surface area contributed by atoms with Crippen molar-refractivity contribution in [3.63, 3.8) is 0 Å². The van der Waals surface area contributed by atoms with E-state index < -0.39 is 5.41 Å². The smallest absolute Gasteiger partial charge is 0.238 e. The van der Waals surface area contributed by atoms with Crippen LogP contribution in [0.1, 0.15) is 22.3 Å². The SMILES string of the molecule is c1ccc2c(c1)-c1ccccc1C21c2ccccc2-c2cc3c4ccccc4n(-c4nc(-c5ccc6c(c5)oc5ccccc56)nc(-c5cccc6c5oc5ccccc56)n4)c3cc21. The van der Waals surface area contributed by atoms with E-state index >= 15 is 0 Å². The molecule has 0 fully saturated rings. The molecule has 2 aliphatic rings. The summed E-state index contributed by atoms with van der Waals surface area (Å²) in [5.74, 6) is 1.56. The lowest BCUT2D eigenvalue weighted by molar-refractivity contribution is 0.668. The maximum atomic E-state index is 6.62. The standard InChI is InChI=1S/C58H32N4O2/c1-7-22-45-34(14-1)35-15-2-8-23-46(35)58(45)47-24-9-3-16-36(47)43-31-44-37-17-4-10-25-49(37)62(50(44)32-48(43)58)57-60-55(33-28-29-40-38-18-5-11-26-51(38)63-53(40)30-33)59-56(61-57)42-21-13-20-41-39-19-6-12-27-52(39)64-54(41)42/h1-32H. The van der Waals surface area contributed by atoms with Gasteiger partial charge >= 0.3 is 0 Å². The maximum absolute atomic E-state index is 6.62. The summed E-state index contributed by atoms with van der Waals surface area (Å²) in [5.41, 5.74) is 16.5. The van der Waals surface area contributed by atoms with Crippen LogP contribution >= 0.6 is 0 Å². The van der Waals surface area contributed by atoms with E-state index in [4.69, 9.17) is 23.8 Å². The third-order valence-corrected chi connectivity index (χ3v) is 13.9. The zero-order chi connectivity index (χ0) is 41.7. The maximum Gasteiger partial charge on any atom is 0.238 e. The first-order valence-corrected chi connectivity index (χ1v) is 21.7. The fourth-order valence-electron chi connectivity index (χ4n) is 11.3. The van der Waals surface area contributed by atoms with Gasteiger partial charge in [-0.25, -0.2) is 4.98 Å². The first-order chi connectivity index (χ1) is 31.7.